The summed E-state index contributed by atoms with van der Waals surface area (Å²) in [5.41, 5.74) is 3.27. The van der Waals surface area contributed by atoms with Crippen molar-refractivity contribution in [1.82, 2.24) is 4.98 Å². The van der Waals surface area contributed by atoms with Crippen molar-refractivity contribution in [1.29, 1.82) is 0 Å². The highest BCUT2D eigenvalue weighted by molar-refractivity contribution is 9.10. The maximum atomic E-state index is 13.2. The predicted octanol–water partition coefficient (Wildman–Crippen LogP) is 5.61. The predicted molar refractivity (Wildman–Crippen MR) is 81.5 cm³/mol. The molecule has 0 aliphatic carbocycles. The van der Waals surface area contributed by atoms with E-state index in [0.717, 1.165) is 16.4 Å². The van der Waals surface area contributed by atoms with Gasteiger partial charge in [0.05, 0.1) is 9.50 Å². The minimum Gasteiger partial charge on any atom is -0.435 e. The maximum Gasteiger partial charge on any atom is 0.227 e. The molecule has 2 nitrogen and oxygen atoms in total. The summed E-state index contributed by atoms with van der Waals surface area (Å²) in [6.07, 6.45) is 0.916. The fraction of sp³-hybridized carbons (Fsp3) is 0.133. The molecule has 0 amide bonds. The van der Waals surface area contributed by atoms with Gasteiger partial charge in [0, 0.05) is 5.56 Å². The van der Waals surface area contributed by atoms with E-state index in [2.05, 4.69) is 27.8 Å². The van der Waals surface area contributed by atoms with Gasteiger partial charge in [-0.2, -0.15) is 0 Å². The minimum absolute atomic E-state index is 0.0538. The summed E-state index contributed by atoms with van der Waals surface area (Å²) in [5, 5.41) is 0.0538. The molecule has 0 aliphatic rings. The van der Waals surface area contributed by atoms with Gasteiger partial charge in [0.15, 0.2) is 5.58 Å². The first kappa shape index (κ1) is 13.6. The molecule has 1 aromatic heterocycles. The largest absolute Gasteiger partial charge is 0.435 e. The summed E-state index contributed by atoms with van der Waals surface area (Å²) in [7, 11) is 0. The number of aromatic nitrogens is 1. The van der Waals surface area contributed by atoms with Gasteiger partial charge < -0.3 is 4.42 Å². The molecular weight excluding hydrogens is 345 g/mol. The van der Waals surface area contributed by atoms with Crippen molar-refractivity contribution in [3.05, 3.63) is 51.2 Å². The van der Waals surface area contributed by atoms with Crippen LogP contribution in [0.4, 0.5) is 4.39 Å². The van der Waals surface area contributed by atoms with E-state index in [4.69, 9.17) is 16.0 Å². The van der Waals surface area contributed by atoms with Crippen LogP contribution in [0.15, 0.2) is 39.2 Å². The van der Waals surface area contributed by atoms with Crippen LogP contribution in [0.1, 0.15) is 12.5 Å². The second kappa shape index (κ2) is 5.19. The summed E-state index contributed by atoms with van der Waals surface area (Å²) < 4.78 is 19.8. The average molecular weight is 355 g/mol. The van der Waals surface area contributed by atoms with Crippen molar-refractivity contribution in [2.75, 3.05) is 0 Å². The molecule has 0 aliphatic heterocycles. The van der Waals surface area contributed by atoms with Gasteiger partial charge in [-0.15, -0.1) is 0 Å². The van der Waals surface area contributed by atoms with Crippen molar-refractivity contribution in [3.63, 3.8) is 0 Å². The molecule has 0 fully saturated rings. The summed E-state index contributed by atoms with van der Waals surface area (Å²) in [6.45, 7) is 2.08. The van der Waals surface area contributed by atoms with Crippen LogP contribution in [0.2, 0.25) is 5.02 Å². The molecule has 0 unspecified atom stereocenters. The average Bonchev–Trinajstić information content (AvgIpc) is 2.86. The second-order valence-electron chi connectivity index (χ2n) is 4.43. The molecule has 3 aromatic rings. The Bertz CT molecular complexity index is 800. The SMILES string of the molecule is CCc1cc(Br)c2oc(-c3ccc(F)c(Cl)c3)nc2c1. The van der Waals surface area contributed by atoms with Gasteiger partial charge in [-0.3, -0.25) is 0 Å². The van der Waals surface area contributed by atoms with Crippen LogP contribution < -0.4 is 0 Å². The molecular formula is C15H10BrClFNO. The van der Waals surface area contributed by atoms with Gasteiger partial charge in [-0.05, 0) is 58.2 Å². The second-order valence-corrected chi connectivity index (χ2v) is 5.69. The Labute approximate surface area is 128 Å². The summed E-state index contributed by atoms with van der Waals surface area (Å²) in [6, 6.07) is 8.41. The van der Waals surface area contributed by atoms with E-state index in [1.165, 1.54) is 17.7 Å². The zero-order valence-electron chi connectivity index (χ0n) is 10.6. The lowest BCUT2D eigenvalue weighted by Gasteiger charge is -1.97. The lowest BCUT2D eigenvalue weighted by Crippen LogP contribution is -1.81. The number of nitrogens with zero attached hydrogens (tertiary/aromatic N) is 1. The molecule has 0 saturated heterocycles. The van der Waals surface area contributed by atoms with Crippen LogP contribution >= 0.6 is 27.5 Å². The van der Waals surface area contributed by atoms with Crippen molar-refractivity contribution in [3.8, 4) is 11.5 Å². The normalized spacial score (nSPS) is 11.2. The van der Waals surface area contributed by atoms with Crippen LogP contribution in [-0.2, 0) is 6.42 Å². The zero-order valence-corrected chi connectivity index (χ0v) is 12.9. The first-order valence-corrected chi connectivity index (χ1v) is 7.30. The molecule has 0 saturated carbocycles. The lowest BCUT2D eigenvalue weighted by molar-refractivity contribution is 0.615. The van der Waals surface area contributed by atoms with Gasteiger partial charge in [0.2, 0.25) is 5.89 Å². The standard InChI is InChI=1S/C15H10BrClFNO/c1-2-8-5-10(16)14-13(6-8)19-15(20-14)9-3-4-12(18)11(17)7-9/h3-7H,2H2,1H3. The number of hydrogen-bond donors (Lipinski definition) is 0. The van der Waals surface area contributed by atoms with Crippen LogP contribution in [0.5, 0.6) is 0 Å². The first-order chi connectivity index (χ1) is 9.58. The van der Waals surface area contributed by atoms with Crippen LogP contribution in [0, 0.1) is 5.82 Å². The molecule has 20 heavy (non-hydrogen) atoms. The molecule has 1 heterocycles. The van der Waals surface area contributed by atoms with E-state index < -0.39 is 5.82 Å². The fourth-order valence-electron chi connectivity index (χ4n) is 2.00. The number of hydrogen-bond acceptors (Lipinski definition) is 2. The highest BCUT2D eigenvalue weighted by atomic mass is 79.9. The summed E-state index contributed by atoms with van der Waals surface area (Å²) in [5.74, 6) is -0.0307. The molecule has 5 heteroatoms. The third kappa shape index (κ3) is 2.34. The van der Waals surface area contributed by atoms with Gasteiger partial charge in [0.1, 0.15) is 11.3 Å². The number of aryl methyl sites for hydroxylation is 1. The third-order valence-electron chi connectivity index (χ3n) is 3.08. The quantitative estimate of drug-likeness (QED) is 0.597. The Kier molecular flexibility index (Phi) is 3.52. The van der Waals surface area contributed by atoms with Crippen LogP contribution in [0.3, 0.4) is 0 Å². The number of benzene rings is 2. The Morgan fingerprint density at radius 3 is 2.80 bits per heavy atom. The van der Waals surface area contributed by atoms with E-state index in [-0.39, 0.29) is 5.02 Å². The Morgan fingerprint density at radius 1 is 1.30 bits per heavy atom. The van der Waals surface area contributed by atoms with Gasteiger partial charge in [-0.25, -0.2) is 9.37 Å². The molecule has 0 atom stereocenters. The van der Waals surface area contributed by atoms with Crippen molar-refractivity contribution >= 4 is 38.6 Å². The van der Waals surface area contributed by atoms with E-state index in [9.17, 15) is 4.39 Å². The van der Waals surface area contributed by atoms with E-state index in [0.29, 0.717) is 17.0 Å². The number of fused-ring (bicyclic) bond motifs is 1. The topological polar surface area (TPSA) is 26.0 Å². The van der Waals surface area contributed by atoms with E-state index in [1.807, 2.05) is 12.1 Å². The van der Waals surface area contributed by atoms with E-state index >= 15 is 0 Å². The lowest BCUT2D eigenvalue weighted by atomic mass is 10.1. The minimum atomic E-state index is -0.457. The third-order valence-corrected chi connectivity index (χ3v) is 3.96. The Balaban J connectivity index is 2.17. The molecule has 0 bridgehead atoms. The highest BCUT2D eigenvalue weighted by Crippen LogP contribution is 2.32. The Morgan fingerprint density at radius 2 is 2.10 bits per heavy atom. The van der Waals surface area contributed by atoms with Crippen molar-refractivity contribution in [2.24, 2.45) is 0 Å². The van der Waals surface area contributed by atoms with Crippen LogP contribution in [-0.4, -0.2) is 4.98 Å². The van der Waals surface area contributed by atoms with Crippen molar-refractivity contribution < 1.29 is 8.81 Å². The molecule has 0 spiro atoms. The van der Waals surface area contributed by atoms with Crippen LogP contribution in [0.25, 0.3) is 22.6 Å². The number of halogens is 3. The monoisotopic (exact) mass is 353 g/mol. The molecule has 3 rings (SSSR count). The summed E-state index contributed by atoms with van der Waals surface area (Å²) >= 11 is 9.27. The van der Waals surface area contributed by atoms with E-state index in [1.54, 1.807) is 6.07 Å². The summed E-state index contributed by atoms with van der Waals surface area (Å²) in [4.78, 5) is 4.45. The van der Waals surface area contributed by atoms with Gasteiger partial charge in [-0.1, -0.05) is 18.5 Å². The first-order valence-electron chi connectivity index (χ1n) is 6.13. The fourth-order valence-corrected chi connectivity index (χ4v) is 2.76. The Hall–Kier alpha value is -1.39. The smallest absolute Gasteiger partial charge is 0.227 e. The molecule has 0 N–H and O–H groups in total. The molecule has 2 aromatic carbocycles. The zero-order chi connectivity index (χ0) is 14.3. The molecule has 0 radical (unpaired) electrons. The maximum absolute atomic E-state index is 13.2. The van der Waals surface area contributed by atoms with Gasteiger partial charge >= 0.3 is 0 Å². The van der Waals surface area contributed by atoms with Gasteiger partial charge in [0.25, 0.3) is 0 Å². The molecule has 102 valence electrons. The number of rotatable bonds is 2. The number of oxazole rings is 1. The van der Waals surface area contributed by atoms with Crippen molar-refractivity contribution in [2.45, 2.75) is 13.3 Å². The highest BCUT2D eigenvalue weighted by Gasteiger charge is 2.13.